The van der Waals surface area contributed by atoms with Crippen molar-refractivity contribution in [3.8, 4) is 0 Å². The number of carbonyl (C=O) groups is 2. The first-order valence-corrected chi connectivity index (χ1v) is 10.6. The molecule has 0 aliphatic carbocycles. The molecule has 0 saturated carbocycles. The summed E-state index contributed by atoms with van der Waals surface area (Å²) in [5.41, 5.74) is 2.61. The van der Waals surface area contributed by atoms with E-state index in [0.29, 0.717) is 0 Å². The first-order chi connectivity index (χ1) is 15.0. The molecule has 1 atom stereocenters. The molecule has 1 amide bonds. The summed E-state index contributed by atoms with van der Waals surface area (Å²) in [5, 5.41) is 10.7. The Bertz CT molecular complexity index is 1170. The summed E-state index contributed by atoms with van der Waals surface area (Å²) in [5.74, 6) is -1.44. The van der Waals surface area contributed by atoms with E-state index in [1.165, 1.54) is 11.0 Å². The number of halogens is 1. The molecule has 3 aromatic carbocycles. The summed E-state index contributed by atoms with van der Waals surface area (Å²) in [6.45, 7) is 0.278. The lowest BCUT2D eigenvalue weighted by molar-refractivity contribution is -0.130. The Morgan fingerprint density at radius 2 is 1.65 bits per heavy atom. The maximum absolute atomic E-state index is 13.1. The molecule has 4 nitrogen and oxygen atoms in total. The van der Waals surface area contributed by atoms with E-state index in [0.717, 1.165) is 21.2 Å². The molecule has 1 unspecified atom stereocenters. The molecule has 1 N–H and O–H groups in total. The van der Waals surface area contributed by atoms with Gasteiger partial charge < -0.3 is 10.0 Å². The minimum atomic E-state index is -0.682. The molecular weight excluding hydrogens is 454 g/mol. The van der Waals surface area contributed by atoms with Crippen molar-refractivity contribution in [2.45, 2.75) is 12.6 Å². The summed E-state index contributed by atoms with van der Waals surface area (Å²) in [6, 6.07) is 25.7. The number of ketones is 1. The first kappa shape index (κ1) is 20.8. The van der Waals surface area contributed by atoms with E-state index in [9.17, 15) is 14.7 Å². The monoisotopic (exact) mass is 473 g/mol. The largest absolute Gasteiger partial charge is 0.503 e. The minimum absolute atomic E-state index is 0.0891. The Morgan fingerprint density at radius 1 is 0.968 bits per heavy atom. The zero-order valence-corrected chi connectivity index (χ0v) is 18.2. The van der Waals surface area contributed by atoms with E-state index in [1.807, 2.05) is 84.9 Å². The maximum Gasteiger partial charge on any atom is 0.290 e. The highest BCUT2D eigenvalue weighted by atomic mass is 79.9. The highest BCUT2D eigenvalue weighted by Crippen LogP contribution is 2.39. The van der Waals surface area contributed by atoms with Crippen LogP contribution in [0.3, 0.4) is 0 Å². The van der Waals surface area contributed by atoms with E-state index in [1.54, 1.807) is 6.08 Å². The van der Waals surface area contributed by atoms with Crippen molar-refractivity contribution in [1.29, 1.82) is 0 Å². The van der Waals surface area contributed by atoms with Gasteiger partial charge in [0.2, 0.25) is 0 Å². The third kappa shape index (κ3) is 4.52. The van der Waals surface area contributed by atoms with Crippen molar-refractivity contribution in [2.24, 2.45) is 0 Å². The highest BCUT2D eigenvalue weighted by molar-refractivity contribution is 9.10. The fourth-order valence-corrected chi connectivity index (χ4v) is 4.11. The SMILES string of the molecule is O=C(/C=C/c1ccccc1)C1=C(O)C(=O)N(Cc2ccccc2)C1c1cccc(Br)c1. The Kier molecular flexibility index (Phi) is 6.14. The molecule has 1 aliphatic heterocycles. The molecule has 1 heterocycles. The Labute approximate surface area is 189 Å². The second-order valence-electron chi connectivity index (χ2n) is 7.25. The van der Waals surface area contributed by atoms with Crippen molar-refractivity contribution < 1.29 is 14.7 Å². The number of rotatable bonds is 6. The lowest BCUT2D eigenvalue weighted by Gasteiger charge is -2.27. The molecule has 0 spiro atoms. The number of benzene rings is 3. The van der Waals surface area contributed by atoms with Crippen molar-refractivity contribution >= 4 is 33.7 Å². The van der Waals surface area contributed by atoms with Crippen LogP contribution in [0.2, 0.25) is 0 Å². The van der Waals surface area contributed by atoms with Crippen LogP contribution in [-0.4, -0.2) is 21.7 Å². The zero-order valence-electron chi connectivity index (χ0n) is 16.6. The van der Waals surface area contributed by atoms with Crippen LogP contribution in [0.4, 0.5) is 0 Å². The normalized spacial score (nSPS) is 16.4. The molecule has 0 saturated heterocycles. The predicted octanol–water partition coefficient (Wildman–Crippen LogP) is 5.63. The van der Waals surface area contributed by atoms with Crippen LogP contribution in [-0.2, 0) is 16.1 Å². The molecule has 0 aromatic heterocycles. The Morgan fingerprint density at radius 3 is 2.32 bits per heavy atom. The molecule has 4 rings (SSSR count). The van der Waals surface area contributed by atoms with Gasteiger partial charge in [-0.3, -0.25) is 9.59 Å². The van der Waals surface area contributed by atoms with Gasteiger partial charge in [0.15, 0.2) is 11.5 Å². The van der Waals surface area contributed by atoms with Gasteiger partial charge in [0.05, 0.1) is 11.6 Å². The van der Waals surface area contributed by atoms with Gasteiger partial charge in [0.1, 0.15) is 0 Å². The Balaban J connectivity index is 1.73. The molecule has 0 fully saturated rings. The van der Waals surface area contributed by atoms with Gasteiger partial charge in [-0.05, 0) is 34.9 Å². The number of aliphatic hydroxyl groups excluding tert-OH is 1. The van der Waals surface area contributed by atoms with Gasteiger partial charge in [0.25, 0.3) is 5.91 Å². The molecular formula is C26H20BrNO3. The second kappa shape index (κ2) is 9.14. The first-order valence-electron chi connectivity index (χ1n) is 9.85. The summed E-state index contributed by atoms with van der Waals surface area (Å²) >= 11 is 3.46. The van der Waals surface area contributed by atoms with Crippen LogP contribution in [0.1, 0.15) is 22.7 Å². The summed E-state index contributed by atoms with van der Waals surface area (Å²) < 4.78 is 0.829. The zero-order chi connectivity index (χ0) is 21.8. The number of nitrogens with zero attached hydrogens (tertiary/aromatic N) is 1. The molecule has 3 aromatic rings. The fourth-order valence-electron chi connectivity index (χ4n) is 3.70. The number of aliphatic hydroxyl groups is 1. The van der Waals surface area contributed by atoms with Crippen molar-refractivity contribution in [3.63, 3.8) is 0 Å². The third-order valence-corrected chi connectivity index (χ3v) is 5.65. The average molecular weight is 474 g/mol. The van der Waals surface area contributed by atoms with Gasteiger partial charge >= 0.3 is 0 Å². The number of carbonyl (C=O) groups excluding carboxylic acids is 2. The van der Waals surface area contributed by atoms with Gasteiger partial charge in [-0.25, -0.2) is 0 Å². The topological polar surface area (TPSA) is 57.6 Å². The van der Waals surface area contributed by atoms with Crippen molar-refractivity contribution in [3.05, 3.63) is 124 Å². The van der Waals surface area contributed by atoms with E-state index < -0.39 is 23.5 Å². The van der Waals surface area contributed by atoms with Crippen molar-refractivity contribution in [2.75, 3.05) is 0 Å². The molecule has 0 radical (unpaired) electrons. The van der Waals surface area contributed by atoms with E-state index in [4.69, 9.17) is 0 Å². The number of hydrogen-bond acceptors (Lipinski definition) is 3. The number of allylic oxidation sites excluding steroid dienone is 1. The second-order valence-corrected chi connectivity index (χ2v) is 8.16. The summed E-state index contributed by atoms with van der Waals surface area (Å²) in [7, 11) is 0. The van der Waals surface area contributed by atoms with Gasteiger partial charge in [-0.1, -0.05) is 94.8 Å². The average Bonchev–Trinajstić information content (AvgIpc) is 3.04. The Hall–Kier alpha value is -3.44. The lowest BCUT2D eigenvalue weighted by atomic mass is 9.95. The predicted molar refractivity (Wildman–Crippen MR) is 124 cm³/mol. The van der Waals surface area contributed by atoms with Gasteiger partial charge in [0, 0.05) is 11.0 Å². The van der Waals surface area contributed by atoms with Crippen LogP contribution in [0.5, 0.6) is 0 Å². The fraction of sp³-hybridized carbons (Fsp3) is 0.0769. The maximum atomic E-state index is 13.1. The van der Waals surface area contributed by atoms with E-state index in [2.05, 4.69) is 15.9 Å². The highest BCUT2D eigenvalue weighted by Gasteiger charge is 2.42. The lowest BCUT2D eigenvalue weighted by Crippen LogP contribution is -2.30. The van der Waals surface area contributed by atoms with Crippen LogP contribution in [0.25, 0.3) is 6.08 Å². The van der Waals surface area contributed by atoms with Gasteiger partial charge in [-0.15, -0.1) is 0 Å². The van der Waals surface area contributed by atoms with Crippen LogP contribution >= 0.6 is 15.9 Å². The smallest absolute Gasteiger partial charge is 0.290 e. The van der Waals surface area contributed by atoms with E-state index in [-0.39, 0.29) is 12.1 Å². The molecule has 31 heavy (non-hydrogen) atoms. The molecule has 1 aliphatic rings. The number of amides is 1. The van der Waals surface area contributed by atoms with Gasteiger partial charge in [-0.2, -0.15) is 0 Å². The minimum Gasteiger partial charge on any atom is -0.503 e. The third-order valence-electron chi connectivity index (χ3n) is 5.16. The van der Waals surface area contributed by atoms with E-state index >= 15 is 0 Å². The summed E-state index contributed by atoms with van der Waals surface area (Å²) in [4.78, 5) is 27.7. The van der Waals surface area contributed by atoms with Crippen LogP contribution in [0.15, 0.2) is 107 Å². The van der Waals surface area contributed by atoms with Crippen LogP contribution < -0.4 is 0 Å². The number of hydrogen-bond donors (Lipinski definition) is 1. The quantitative estimate of drug-likeness (QED) is 0.472. The molecule has 154 valence electrons. The summed E-state index contributed by atoms with van der Waals surface area (Å²) in [6.07, 6.45) is 3.09. The molecule has 5 heteroatoms. The standard InChI is InChI=1S/C26H20BrNO3/c27-21-13-7-12-20(16-21)24-23(22(29)15-14-18-8-3-1-4-9-18)25(30)26(31)28(24)17-19-10-5-2-6-11-19/h1-16,24,30H,17H2/b15-14+. The van der Waals surface area contributed by atoms with Crippen molar-refractivity contribution in [1.82, 2.24) is 4.90 Å². The van der Waals surface area contributed by atoms with Crippen LogP contribution in [0, 0.1) is 0 Å². The molecule has 0 bridgehead atoms.